The molecule has 1 aliphatic heterocycles. The van der Waals surface area contributed by atoms with Crippen LogP contribution in [0.1, 0.15) is 32.9 Å². The Labute approximate surface area is 145 Å². The van der Waals surface area contributed by atoms with Crippen molar-refractivity contribution in [3.05, 3.63) is 16.7 Å². The standard InChI is InChI=1S/C16H25N5O4/c1-4-5-6-24-7-10-9(2)25-15(12(10)22)21-8-20(3)11-13(21)18-16(17)19-14(11)23/h8-10,12,15,22H,4-7H2,1-3H3,(H2-,17,18,19,23)/p+1/t9-,10-,12-,15-/m1/s1. The van der Waals surface area contributed by atoms with Gasteiger partial charge in [0.1, 0.15) is 6.10 Å². The Hall–Kier alpha value is -1.97. The first kappa shape index (κ1) is 17.8. The van der Waals surface area contributed by atoms with Crippen molar-refractivity contribution in [2.24, 2.45) is 13.0 Å². The molecule has 0 radical (unpaired) electrons. The van der Waals surface area contributed by atoms with E-state index in [1.54, 1.807) is 22.5 Å². The van der Waals surface area contributed by atoms with Gasteiger partial charge in [-0.05, 0) is 13.3 Å². The van der Waals surface area contributed by atoms with Crippen LogP contribution in [0.4, 0.5) is 5.95 Å². The predicted molar refractivity (Wildman–Crippen MR) is 90.7 cm³/mol. The molecule has 138 valence electrons. The summed E-state index contributed by atoms with van der Waals surface area (Å²) in [4.78, 5) is 18.8. The summed E-state index contributed by atoms with van der Waals surface area (Å²) in [5.41, 5.74) is 6.10. The summed E-state index contributed by atoms with van der Waals surface area (Å²) in [6, 6.07) is 0. The fraction of sp³-hybridized carbons (Fsp3) is 0.688. The van der Waals surface area contributed by atoms with Crippen molar-refractivity contribution < 1.29 is 19.1 Å². The highest BCUT2D eigenvalue weighted by molar-refractivity contribution is 5.66. The second kappa shape index (κ2) is 7.11. The molecule has 9 nitrogen and oxygen atoms in total. The number of H-pyrrole nitrogens is 1. The van der Waals surface area contributed by atoms with Gasteiger partial charge in [0.15, 0.2) is 0 Å². The summed E-state index contributed by atoms with van der Waals surface area (Å²) >= 11 is 0. The molecular formula is C16H26N5O4+. The van der Waals surface area contributed by atoms with Gasteiger partial charge in [-0.2, -0.15) is 9.55 Å². The lowest BCUT2D eigenvalue weighted by Crippen LogP contribution is -2.32. The SMILES string of the molecule is CCCCOC[C@H]1[C@@H](O)[C@H](n2c[n+](C)c3c(=O)[nH]c(N)nc32)O[C@@H]1C. The fourth-order valence-corrected chi connectivity index (χ4v) is 3.28. The van der Waals surface area contributed by atoms with Crippen molar-refractivity contribution in [1.29, 1.82) is 0 Å². The van der Waals surface area contributed by atoms with Gasteiger partial charge in [-0.15, -0.1) is 0 Å². The zero-order chi connectivity index (χ0) is 18.1. The number of hydrogen-bond acceptors (Lipinski definition) is 6. The highest BCUT2D eigenvalue weighted by atomic mass is 16.5. The lowest BCUT2D eigenvalue weighted by atomic mass is 10.00. The third-order valence-corrected chi connectivity index (χ3v) is 4.70. The maximum Gasteiger partial charge on any atom is 0.304 e. The molecule has 4 N–H and O–H groups in total. The topological polar surface area (TPSA) is 119 Å². The number of aromatic amines is 1. The third kappa shape index (κ3) is 3.26. The van der Waals surface area contributed by atoms with Crippen molar-refractivity contribution in [1.82, 2.24) is 14.5 Å². The molecule has 1 aliphatic rings. The van der Waals surface area contributed by atoms with Crippen molar-refractivity contribution in [2.75, 3.05) is 18.9 Å². The summed E-state index contributed by atoms with van der Waals surface area (Å²) in [5, 5.41) is 10.8. The summed E-state index contributed by atoms with van der Waals surface area (Å²) in [7, 11) is 1.74. The van der Waals surface area contributed by atoms with Gasteiger partial charge in [-0.1, -0.05) is 13.3 Å². The Morgan fingerprint density at radius 3 is 3.04 bits per heavy atom. The second-order valence-electron chi connectivity index (χ2n) is 6.57. The van der Waals surface area contributed by atoms with E-state index in [1.807, 2.05) is 6.92 Å². The number of aliphatic hydroxyl groups excluding tert-OH is 1. The molecule has 2 aromatic heterocycles. The molecule has 0 amide bonds. The predicted octanol–water partition coefficient (Wildman–Crippen LogP) is -0.158. The third-order valence-electron chi connectivity index (χ3n) is 4.70. The summed E-state index contributed by atoms with van der Waals surface area (Å²) < 4.78 is 14.9. The molecule has 0 aliphatic carbocycles. The fourth-order valence-electron chi connectivity index (χ4n) is 3.28. The average molecular weight is 352 g/mol. The number of aryl methyl sites for hydroxylation is 1. The van der Waals surface area contributed by atoms with Crippen LogP contribution in [0.25, 0.3) is 11.2 Å². The zero-order valence-electron chi connectivity index (χ0n) is 14.8. The Kier molecular flexibility index (Phi) is 5.07. The van der Waals surface area contributed by atoms with E-state index in [1.165, 1.54) is 0 Å². The number of nitrogen functional groups attached to an aromatic ring is 1. The molecule has 25 heavy (non-hydrogen) atoms. The first-order chi connectivity index (χ1) is 11.9. The maximum absolute atomic E-state index is 12.1. The van der Waals surface area contributed by atoms with E-state index >= 15 is 0 Å². The minimum absolute atomic E-state index is 0.0254. The lowest BCUT2D eigenvalue weighted by Gasteiger charge is -2.16. The summed E-state index contributed by atoms with van der Waals surface area (Å²) in [6.45, 7) is 5.12. The van der Waals surface area contributed by atoms with Crippen molar-refractivity contribution >= 4 is 17.1 Å². The second-order valence-corrected chi connectivity index (χ2v) is 6.57. The van der Waals surface area contributed by atoms with Crippen molar-refractivity contribution in [3.63, 3.8) is 0 Å². The minimum atomic E-state index is -0.769. The summed E-state index contributed by atoms with van der Waals surface area (Å²) in [6.07, 6.45) is 2.15. The first-order valence-corrected chi connectivity index (χ1v) is 8.61. The van der Waals surface area contributed by atoms with Gasteiger partial charge in [0.25, 0.3) is 11.2 Å². The van der Waals surface area contributed by atoms with Crippen LogP contribution in [0, 0.1) is 5.92 Å². The van der Waals surface area contributed by atoms with E-state index in [9.17, 15) is 9.90 Å². The molecule has 0 aromatic carbocycles. The number of hydrogen-bond donors (Lipinski definition) is 3. The zero-order valence-corrected chi connectivity index (χ0v) is 14.8. The number of aromatic nitrogens is 4. The van der Waals surface area contributed by atoms with Crippen LogP contribution in [0.15, 0.2) is 11.1 Å². The lowest BCUT2D eigenvalue weighted by molar-refractivity contribution is -0.646. The van der Waals surface area contributed by atoms with Crippen molar-refractivity contribution in [2.45, 2.75) is 45.1 Å². The minimum Gasteiger partial charge on any atom is -0.386 e. The number of anilines is 1. The Morgan fingerprint density at radius 1 is 1.56 bits per heavy atom. The molecule has 0 spiro atoms. The van der Waals surface area contributed by atoms with E-state index in [-0.39, 0.29) is 23.5 Å². The highest BCUT2D eigenvalue weighted by Gasteiger charge is 2.46. The number of nitrogens with zero attached hydrogens (tertiary/aromatic N) is 3. The molecule has 2 aromatic rings. The smallest absolute Gasteiger partial charge is 0.304 e. The Morgan fingerprint density at radius 2 is 2.32 bits per heavy atom. The Balaban J connectivity index is 1.87. The molecule has 3 rings (SSSR count). The number of aliphatic hydroxyl groups is 1. The number of imidazole rings is 1. The van der Waals surface area contributed by atoms with Gasteiger partial charge < -0.3 is 20.3 Å². The van der Waals surface area contributed by atoms with E-state index in [0.717, 1.165) is 12.8 Å². The molecule has 1 fully saturated rings. The molecule has 3 heterocycles. The number of unbranched alkanes of at least 4 members (excludes halogenated alkanes) is 1. The average Bonchev–Trinajstić information content (AvgIpc) is 3.02. The van der Waals surface area contributed by atoms with Crippen LogP contribution in [0.3, 0.4) is 0 Å². The quantitative estimate of drug-likeness (QED) is 0.491. The molecule has 1 saturated heterocycles. The number of nitrogens with one attached hydrogen (secondary N) is 1. The number of rotatable bonds is 6. The van der Waals surface area contributed by atoms with Gasteiger partial charge in [-0.3, -0.25) is 9.78 Å². The Bertz CT molecular complexity index is 802. The van der Waals surface area contributed by atoms with E-state index < -0.39 is 12.3 Å². The number of ether oxygens (including phenoxy) is 2. The monoisotopic (exact) mass is 352 g/mol. The van der Waals surface area contributed by atoms with Crippen LogP contribution in [0.2, 0.25) is 0 Å². The summed E-state index contributed by atoms with van der Waals surface area (Å²) in [5.74, 6) is -0.124. The molecule has 9 heteroatoms. The molecule has 0 bridgehead atoms. The van der Waals surface area contributed by atoms with Crippen LogP contribution in [0.5, 0.6) is 0 Å². The highest BCUT2D eigenvalue weighted by Crippen LogP contribution is 2.35. The van der Waals surface area contributed by atoms with Gasteiger partial charge in [0, 0.05) is 12.5 Å². The van der Waals surface area contributed by atoms with E-state index in [0.29, 0.717) is 24.4 Å². The van der Waals surface area contributed by atoms with Gasteiger partial charge in [-0.25, -0.2) is 4.57 Å². The van der Waals surface area contributed by atoms with Gasteiger partial charge in [0.05, 0.1) is 19.8 Å². The molecule has 0 unspecified atom stereocenters. The van der Waals surface area contributed by atoms with Crippen LogP contribution < -0.4 is 15.9 Å². The molecule has 4 atom stereocenters. The largest absolute Gasteiger partial charge is 0.386 e. The van der Waals surface area contributed by atoms with Gasteiger partial charge >= 0.3 is 5.56 Å². The number of nitrogens with two attached hydrogens (primary N) is 1. The maximum atomic E-state index is 12.1. The van der Waals surface area contributed by atoms with Crippen LogP contribution in [-0.2, 0) is 16.5 Å². The molecular weight excluding hydrogens is 326 g/mol. The van der Waals surface area contributed by atoms with Gasteiger partial charge in [0.2, 0.25) is 18.5 Å². The first-order valence-electron chi connectivity index (χ1n) is 8.61. The van der Waals surface area contributed by atoms with Crippen molar-refractivity contribution in [3.8, 4) is 0 Å². The van der Waals surface area contributed by atoms with E-state index in [4.69, 9.17) is 15.2 Å². The normalized spacial score (nSPS) is 26.6. The van der Waals surface area contributed by atoms with E-state index in [2.05, 4.69) is 16.9 Å². The number of fused-ring (bicyclic) bond motifs is 1. The van der Waals surface area contributed by atoms with Crippen LogP contribution in [-0.4, -0.2) is 45.1 Å². The molecule has 0 saturated carbocycles. The van der Waals surface area contributed by atoms with Crippen LogP contribution >= 0.6 is 0 Å².